The quantitative estimate of drug-likeness (QED) is 0.810. The first-order valence-corrected chi connectivity index (χ1v) is 6.56. The van der Waals surface area contributed by atoms with Crippen LogP contribution in [0.5, 0.6) is 0 Å². The van der Waals surface area contributed by atoms with Crippen LogP contribution < -0.4 is 5.73 Å². The van der Waals surface area contributed by atoms with Gasteiger partial charge in [0.1, 0.15) is 0 Å². The van der Waals surface area contributed by atoms with Gasteiger partial charge in [-0.15, -0.1) is 0 Å². The number of rotatable bonds is 7. The lowest BCUT2D eigenvalue weighted by atomic mass is 10.0. The fourth-order valence-corrected chi connectivity index (χ4v) is 1.93. The first kappa shape index (κ1) is 15.2. The monoisotopic (exact) mass is 251 g/mol. The molecule has 1 aromatic carbocycles. The van der Waals surface area contributed by atoms with Gasteiger partial charge in [-0.2, -0.15) is 0 Å². The summed E-state index contributed by atoms with van der Waals surface area (Å²) in [5.41, 5.74) is 9.80. The molecule has 18 heavy (non-hydrogen) atoms. The Balaban J connectivity index is 2.47. The Morgan fingerprint density at radius 1 is 1.22 bits per heavy atom. The molecular formula is C15H25NO2. The van der Waals surface area contributed by atoms with E-state index < -0.39 is 0 Å². The van der Waals surface area contributed by atoms with E-state index in [1.165, 1.54) is 11.1 Å². The summed E-state index contributed by atoms with van der Waals surface area (Å²) < 4.78 is 11.0. The summed E-state index contributed by atoms with van der Waals surface area (Å²) in [6, 6.07) is 6.26. The lowest BCUT2D eigenvalue weighted by molar-refractivity contribution is -0.00840. The summed E-state index contributed by atoms with van der Waals surface area (Å²) >= 11 is 0. The summed E-state index contributed by atoms with van der Waals surface area (Å²) in [7, 11) is 0. The van der Waals surface area contributed by atoms with E-state index in [1.807, 2.05) is 13.8 Å². The lowest BCUT2D eigenvalue weighted by Gasteiger charge is -2.19. The van der Waals surface area contributed by atoms with Gasteiger partial charge in [0.15, 0.2) is 0 Å². The largest absolute Gasteiger partial charge is 0.379 e. The van der Waals surface area contributed by atoms with Gasteiger partial charge in [-0.05, 0) is 38.8 Å². The SMILES string of the molecule is CCOCC(C)OCC(N)c1ccc(C)cc1C. The van der Waals surface area contributed by atoms with Gasteiger partial charge >= 0.3 is 0 Å². The minimum atomic E-state index is -0.0744. The molecule has 0 bridgehead atoms. The van der Waals surface area contributed by atoms with Crippen molar-refractivity contribution in [3.05, 3.63) is 34.9 Å². The van der Waals surface area contributed by atoms with Gasteiger partial charge in [-0.25, -0.2) is 0 Å². The molecule has 0 radical (unpaired) electrons. The zero-order valence-electron chi connectivity index (χ0n) is 11.9. The average molecular weight is 251 g/mol. The van der Waals surface area contributed by atoms with Gasteiger partial charge in [-0.1, -0.05) is 23.8 Å². The van der Waals surface area contributed by atoms with Crippen molar-refractivity contribution in [2.75, 3.05) is 19.8 Å². The predicted molar refractivity (Wildman–Crippen MR) is 74.8 cm³/mol. The maximum atomic E-state index is 6.16. The number of hydrogen-bond acceptors (Lipinski definition) is 3. The Kier molecular flexibility index (Phi) is 6.33. The van der Waals surface area contributed by atoms with Crippen molar-refractivity contribution in [1.29, 1.82) is 0 Å². The minimum absolute atomic E-state index is 0.0744. The second kappa shape index (κ2) is 7.52. The number of nitrogens with two attached hydrogens (primary N) is 1. The van der Waals surface area contributed by atoms with Gasteiger partial charge in [0.25, 0.3) is 0 Å². The molecule has 0 saturated carbocycles. The van der Waals surface area contributed by atoms with E-state index >= 15 is 0 Å². The Bertz CT molecular complexity index is 366. The third-order valence-corrected chi connectivity index (χ3v) is 2.94. The molecule has 0 aliphatic carbocycles. The van der Waals surface area contributed by atoms with Gasteiger partial charge in [0, 0.05) is 6.61 Å². The van der Waals surface area contributed by atoms with E-state index in [4.69, 9.17) is 15.2 Å². The van der Waals surface area contributed by atoms with Gasteiger partial charge < -0.3 is 15.2 Å². The highest BCUT2D eigenvalue weighted by molar-refractivity contribution is 5.32. The fraction of sp³-hybridized carbons (Fsp3) is 0.600. The van der Waals surface area contributed by atoms with Crippen molar-refractivity contribution in [2.24, 2.45) is 5.73 Å². The second-order valence-electron chi connectivity index (χ2n) is 4.77. The van der Waals surface area contributed by atoms with E-state index in [2.05, 4.69) is 32.0 Å². The number of aryl methyl sites for hydroxylation is 2. The van der Waals surface area contributed by atoms with Crippen LogP contribution in [0, 0.1) is 13.8 Å². The highest BCUT2D eigenvalue weighted by Crippen LogP contribution is 2.17. The van der Waals surface area contributed by atoms with Crippen LogP contribution in [0.15, 0.2) is 18.2 Å². The Morgan fingerprint density at radius 3 is 2.56 bits per heavy atom. The predicted octanol–water partition coefficient (Wildman–Crippen LogP) is 2.74. The summed E-state index contributed by atoms with van der Waals surface area (Å²) in [5, 5.41) is 0. The van der Waals surface area contributed by atoms with E-state index in [9.17, 15) is 0 Å². The number of hydrogen-bond donors (Lipinski definition) is 1. The van der Waals surface area contributed by atoms with Crippen LogP contribution in [0.3, 0.4) is 0 Å². The molecule has 102 valence electrons. The summed E-state index contributed by atoms with van der Waals surface area (Å²) in [6.45, 7) is 10.0. The third-order valence-electron chi connectivity index (χ3n) is 2.94. The normalized spacial score (nSPS) is 14.5. The number of ether oxygens (including phenoxy) is 2. The third kappa shape index (κ3) is 4.77. The lowest BCUT2D eigenvalue weighted by Crippen LogP contribution is -2.24. The summed E-state index contributed by atoms with van der Waals surface area (Å²) in [4.78, 5) is 0. The van der Waals surface area contributed by atoms with Gasteiger partial charge in [-0.3, -0.25) is 0 Å². The van der Waals surface area contributed by atoms with E-state index in [0.717, 1.165) is 12.2 Å². The van der Waals surface area contributed by atoms with Crippen molar-refractivity contribution in [3.63, 3.8) is 0 Å². The van der Waals surface area contributed by atoms with Crippen molar-refractivity contribution in [1.82, 2.24) is 0 Å². The van der Waals surface area contributed by atoms with Crippen molar-refractivity contribution in [2.45, 2.75) is 39.8 Å². The van der Waals surface area contributed by atoms with Crippen molar-refractivity contribution >= 4 is 0 Å². The zero-order chi connectivity index (χ0) is 13.5. The van der Waals surface area contributed by atoms with Gasteiger partial charge in [0.05, 0.1) is 25.4 Å². The zero-order valence-corrected chi connectivity index (χ0v) is 11.9. The van der Waals surface area contributed by atoms with Crippen molar-refractivity contribution in [3.8, 4) is 0 Å². The molecular weight excluding hydrogens is 226 g/mol. The maximum Gasteiger partial charge on any atom is 0.0781 e. The maximum absolute atomic E-state index is 6.16. The fourth-order valence-electron chi connectivity index (χ4n) is 1.93. The topological polar surface area (TPSA) is 44.5 Å². The molecule has 0 fully saturated rings. The van der Waals surface area contributed by atoms with Gasteiger partial charge in [0.2, 0.25) is 0 Å². The van der Waals surface area contributed by atoms with E-state index in [1.54, 1.807) is 0 Å². The summed E-state index contributed by atoms with van der Waals surface area (Å²) in [6.07, 6.45) is 0.0850. The van der Waals surface area contributed by atoms with Crippen LogP contribution in [0.2, 0.25) is 0 Å². The molecule has 0 heterocycles. The number of benzene rings is 1. The van der Waals surface area contributed by atoms with Crippen LogP contribution in [-0.4, -0.2) is 25.9 Å². The molecule has 2 unspecified atom stereocenters. The Labute approximate surface area is 110 Å². The molecule has 0 spiro atoms. The van der Waals surface area contributed by atoms with Crippen LogP contribution in [0.25, 0.3) is 0 Å². The molecule has 2 N–H and O–H groups in total. The molecule has 0 aliphatic rings. The Morgan fingerprint density at radius 2 is 1.94 bits per heavy atom. The highest BCUT2D eigenvalue weighted by atomic mass is 16.5. The molecule has 2 atom stereocenters. The second-order valence-corrected chi connectivity index (χ2v) is 4.77. The molecule has 0 saturated heterocycles. The van der Waals surface area contributed by atoms with Crippen LogP contribution in [0.4, 0.5) is 0 Å². The van der Waals surface area contributed by atoms with Crippen LogP contribution >= 0.6 is 0 Å². The standard InChI is InChI=1S/C15H25NO2/c1-5-17-9-13(4)18-10-15(16)14-7-6-11(2)8-12(14)3/h6-8,13,15H,5,9-10,16H2,1-4H3. The average Bonchev–Trinajstić information content (AvgIpc) is 2.33. The van der Waals surface area contributed by atoms with Crippen LogP contribution in [0.1, 0.15) is 36.6 Å². The highest BCUT2D eigenvalue weighted by Gasteiger charge is 2.11. The summed E-state index contributed by atoms with van der Waals surface area (Å²) in [5.74, 6) is 0. The van der Waals surface area contributed by atoms with E-state index in [-0.39, 0.29) is 12.1 Å². The van der Waals surface area contributed by atoms with Crippen molar-refractivity contribution < 1.29 is 9.47 Å². The molecule has 0 aromatic heterocycles. The molecule has 3 heteroatoms. The van der Waals surface area contributed by atoms with E-state index in [0.29, 0.717) is 13.2 Å². The molecule has 0 aliphatic heterocycles. The molecule has 1 aromatic rings. The minimum Gasteiger partial charge on any atom is -0.379 e. The first-order valence-electron chi connectivity index (χ1n) is 6.56. The first-order chi connectivity index (χ1) is 8.54. The van der Waals surface area contributed by atoms with Crippen LogP contribution in [-0.2, 0) is 9.47 Å². The molecule has 1 rings (SSSR count). The smallest absolute Gasteiger partial charge is 0.0781 e. The molecule has 0 amide bonds. The molecule has 3 nitrogen and oxygen atoms in total. The Hall–Kier alpha value is -0.900.